The highest BCUT2D eigenvalue weighted by atomic mass is 35.5. The molecule has 2 aromatic rings. The van der Waals surface area contributed by atoms with E-state index in [1.54, 1.807) is 12.1 Å². The summed E-state index contributed by atoms with van der Waals surface area (Å²) in [5, 5.41) is 12.1. The number of nitrogens with one attached hydrogen (secondary N) is 1. The first-order chi connectivity index (χ1) is 11.0. The van der Waals surface area contributed by atoms with Crippen LogP contribution in [-0.4, -0.2) is 41.3 Å². The molecule has 0 aliphatic carbocycles. The number of likely N-dealkylation sites (tertiary alicyclic amines) is 1. The summed E-state index contributed by atoms with van der Waals surface area (Å²) in [6.45, 7) is 4.15. The van der Waals surface area contributed by atoms with E-state index in [-0.39, 0.29) is 5.02 Å². The van der Waals surface area contributed by atoms with E-state index in [0.29, 0.717) is 11.7 Å². The Morgan fingerprint density at radius 1 is 1.30 bits per heavy atom. The molecule has 1 N–H and O–H groups in total. The zero-order valence-electron chi connectivity index (χ0n) is 13.3. The number of halogens is 2. The van der Waals surface area contributed by atoms with E-state index in [1.165, 1.54) is 12.5 Å². The van der Waals surface area contributed by atoms with Crippen LogP contribution in [0.4, 0.5) is 10.2 Å². The lowest BCUT2D eigenvalue weighted by Crippen LogP contribution is -2.40. The third-order valence-electron chi connectivity index (χ3n) is 4.17. The van der Waals surface area contributed by atoms with Crippen molar-refractivity contribution in [2.24, 2.45) is 0 Å². The molecule has 0 saturated carbocycles. The van der Waals surface area contributed by atoms with Gasteiger partial charge in [0.1, 0.15) is 5.82 Å². The summed E-state index contributed by atoms with van der Waals surface area (Å²) in [6, 6.07) is 6.93. The molecule has 4 nitrogen and oxygen atoms in total. The van der Waals surface area contributed by atoms with Gasteiger partial charge in [-0.05, 0) is 63.2 Å². The molecular formula is C17H20ClFN4. The Kier molecular flexibility index (Phi) is 4.78. The lowest BCUT2D eigenvalue weighted by atomic mass is 10.1. The summed E-state index contributed by atoms with van der Waals surface area (Å²) in [7, 11) is 2.13. The van der Waals surface area contributed by atoms with E-state index >= 15 is 0 Å². The van der Waals surface area contributed by atoms with Gasteiger partial charge in [-0.25, -0.2) is 4.39 Å². The number of piperidine rings is 1. The second-order valence-electron chi connectivity index (χ2n) is 6.14. The van der Waals surface area contributed by atoms with E-state index in [9.17, 15) is 4.39 Å². The van der Waals surface area contributed by atoms with E-state index < -0.39 is 5.82 Å². The predicted octanol–water partition coefficient (Wildman–Crippen LogP) is 3.75. The van der Waals surface area contributed by atoms with Gasteiger partial charge in [-0.15, -0.1) is 10.2 Å². The van der Waals surface area contributed by atoms with Crippen molar-refractivity contribution in [3.63, 3.8) is 0 Å². The van der Waals surface area contributed by atoms with Crippen LogP contribution in [0, 0.1) is 12.7 Å². The number of benzene rings is 1. The van der Waals surface area contributed by atoms with Gasteiger partial charge < -0.3 is 10.2 Å². The standard InChI is InChI=1S/C17H20ClFN4/c1-11-8-16(12-5-6-15(19)14(18)9-12)21-22-17(11)20-13-4-3-7-23(2)10-13/h5-6,8-9,13H,3-4,7,10H2,1-2H3,(H,20,22)/t13-/m1/s1. The average Bonchev–Trinajstić information content (AvgIpc) is 2.52. The van der Waals surface area contributed by atoms with Crippen molar-refractivity contribution in [1.29, 1.82) is 0 Å². The van der Waals surface area contributed by atoms with Crippen molar-refractivity contribution >= 4 is 17.4 Å². The Balaban J connectivity index is 1.78. The summed E-state index contributed by atoms with van der Waals surface area (Å²) >= 11 is 5.84. The van der Waals surface area contributed by atoms with Crippen LogP contribution in [0.3, 0.4) is 0 Å². The van der Waals surface area contributed by atoms with Gasteiger partial charge in [-0.1, -0.05) is 11.6 Å². The average molecular weight is 335 g/mol. The van der Waals surface area contributed by atoms with Gasteiger partial charge in [0.25, 0.3) is 0 Å². The van der Waals surface area contributed by atoms with Gasteiger partial charge in [0.15, 0.2) is 5.82 Å². The van der Waals surface area contributed by atoms with Crippen molar-refractivity contribution < 1.29 is 4.39 Å². The minimum atomic E-state index is -0.431. The molecule has 0 amide bonds. The van der Waals surface area contributed by atoms with Crippen LogP contribution in [-0.2, 0) is 0 Å². The van der Waals surface area contributed by atoms with Crippen molar-refractivity contribution in [1.82, 2.24) is 15.1 Å². The Hall–Kier alpha value is -1.72. The summed E-state index contributed by atoms with van der Waals surface area (Å²) < 4.78 is 13.3. The molecule has 0 radical (unpaired) electrons. The summed E-state index contributed by atoms with van der Waals surface area (Å²) in [4.78, 5) is 2.32. The van der Waals surface area contributed by atoms with E-state index in [1.807, 2.05) is 13.0 Å². The molecule has 1 aliphatic heterocycles. The Morgan fingerprint density at radius 3 is 2.83 bits per heavy atom. The maximum absolute atomic E-state index is 13.3. The van der Waals surface area contributed by atoms with Crippen LogP contribution in [0.1, 0.15) is 18.4 Å². The first kappa shape index (κ1) is 16.1. The molecule has 0 unspecified atom stereocenters. The third-order valence-corrected chi connectivity index (χ3v) is 4.45. The maximum Gasteiger partial charge on any atom is 0.151 e. The summed E-state index contributed by atoms with van der Waals surface area (Å²) in [5.74, 6) is 0.377. The fraction of sp³-hybridized carbons (Fsp3) is 0.412. The van der Waals surface area contributed by atoms with Crippen molar-refractivity contribution in [3.8, 4) is 11.3 Å². The maximum atomic E-state index is 13.3. The molecule has 1 aliphatic rings. The van der Waals surface area contributed by atoms with Crippen LogP contribution in [0.15, 0.2) is 24.3 Å². The van der Waals surface area contributed by atoms with Crippen molar-refractivity contribution in [2.45, 2.75) is 25.8 Å². The second kappa shape index (κ2) is 6.81. The molecule has 1 aromatic heterocycles. The molecule has 1 fully saturated rings. The van der Waals surface area contributed by atoms with Crippen LogP contribution in [0.2, 0.25) is 5.02 Å². The van der Waals surface area contributed by atoms with Gasteiger partial charge in [0.2, 0.25) is 0 Å². The van der Waals surface area contributed by atoms with Gasteiger partial charge in [-0.2, -0.15) is 0 Å². The van der Waals surface area contributed by atoms with Crippen LogP contribution >= 0.6 is 11.6 Å². The lowest BCUT2D eigenvalue weighted by molar-refractivity contribution is 0.260. The normalized spacial score (nSPS) is 18.9. The smallest absolute Gasteiger partial charge is 0.151 e. The largest absolute Gasteiger partial charge is 0.364 e. The molecule has 122 valence electrons. The van der Waals surface area contributed by atoms with E-state index in [0.717, 1.165) is 36.5 Å². The molecule has 1 aromatic carbocycles. The number of nitrogens with zero attached hydrogens (tertiary/aromatic N) is 3. The van der Waals surface area contributed by atoms with Crippen LogP contribution in [0.25, 0.3) is 11.3 Å². The monoisotopic (exact) mass is 334 g/mol. The summed E-state index contributed by atoms with van der Waals surface area (Å²) in [6.07, 6.45) is 2.33. The van der Waals surface area contributed by atoms with Gasteiger partial charge in [0.05, 0.1) is 10.7 Å². The number of rotatable bonds is 3. The quantitative estimate of drug-likeness (QED) is 0.928. The Morgan fingerprint density at radius 2 is 2.13 bits per heavy atom. The van der Waals surface area contributed by atoms with E-state index in [2.05, 4.69) is 27.5 Å². The highest BCUT2D eigenvalue weighted by Gasteiger charge is 2.18. The highest BCUT2D eigenvalue weighted by molar-refractivity contribution is 6.31. The zero-order chi connectivity index (χ0) is 16.4. The van der Waals surface area contributed by atoms with Gasteiger partial charge in [-0.3, -0.25) is 0 Å². The minimum Gasteiger partial charge on any atom is -0.364 e. The molecule has 3 rings (SSSR count). The number of aromatic nitrogens is 2. The molecule has 0 bridgehead atoms. The second-order valence-corrected chi connectivity index (χ2v) is 6.54. The topological polar surface area (TPSA) is 41.1 Å². The number of hydrogen-bond acceptors (Lipinski definition) is 4. The molecule has 0 spiro atoms. The number of hydrogen-bond donors (Lipinski definition) is 1. The third kappa shape index (κ3) is 3.79. The van der Waals surface area contributed by atoms with Crippen molar-refractivity contribution in [2.75, 3.05) is 25.5 Å². The SMILES string of the molecule is Cc1cc(-c2ccc(F)c(Cl)c2)nnc1N[C@@H]1CCCN(C)C1. The molecule has 1 atom stereocenters. The number of anilines is 1. The molecule has 2 heterocycles. The first-order valence-electron chi connectivity index (χ1n) is 7.78. The molecule has 23 heavy (non-hydrogen) atoms. The fourth-order valence-electron chi connectivity index (χ4n) is 2.90. The Labute approximate surface area is 140 Å². The van der Waals surface area contributed by atoms with Crippen LogP contribution in [0.5, 0.6) is 0 Å². The Bertz CT molecular complexity index is 707. The van der Waals surface area contributed by atoms with E-state index in [4.69, 9.17) is 11.6 Å². The van der Waals surface area contributed by atoms with Gasteiger partial charge >= 0.3 is 0 Å². The molecular weight excluding hydrogens is 315 g/mol. The first-order valence-corrected chi connectivity index (χ1v) is 8.15. The van der Waals surface area contributed by atoms with Crippen LogP contribution < -0.4 is 5.32 Å². The number of aryl methyl sites for hydroxylation is 1. The van der Waals surface area contributed by atoms with Gasteiger partial charge in [0, 0.05) is 18.2 Å². The zero-order valence-corrected chi connectivity index (χ0v) is 14.1. The predicted molar refractivity (Wildman–Crippen MR) is 91.3 cm³/mol. The lowest BCUT2D eigenvalue weighted by Gasteiger charge is -2.30. The molecule has 6 heteroatoms. The summed E-state index contributed by atoms with van der Waals surface area (Å²) in [5.41, 5.74) is 2.47. The minimum absolute atomic E-state index is 0.0920. The highest BCUT2D eigenvalue weighted by Crippen LogP contribution is 2.25. The fourth-order valence-corrected chi connectivity index (χ4v) is 3.08. The van der Waals surface area contributed by atoms with Crippen molar-refractivity contribution in [3.05, 3.63) is 40.7 Å². The number of likely N-dealkylation sites (N-methyl/N-ethyl adjacent to an activating group) is 1. The molecule has 1 saturated heterocycles.